The lowest BCUT2D eigenvalue weighted by Gasteiger charge is -2.07. The molecule has 4 nitrogen and oxygen atoms in total. The molecule has 0 spiro atoms. The molecular formula is C15H15ClN2O2. The Bertz CT molecular complexity index is 612. The van der Waals surface area contributed by atoms with E-state index in [1.54, 1.807) is 18.2 Å². The molecule has 2 aromatic rings. The van der Waals surface area contributed by atoms with Crippen molar-refractivity contribution in [3.8, 4) is 5.75 Å². The zero-order valence-electron chi connectivity index (χ0n) is 11.1. The molecule has 20 heavy (non-hydrogen) atoms. The summed E-state index contributed by atoms with van der Waals surface area (Å²) >= 11 is 6.01. The van der Waals surface area contributed by atoms with Crippen LogP contribution in [-0.2, 0) is 6.42 Å². The van der Waals surface area contributed by atoms with Crippen LogP contribution in [0.15, 0.2) is 36.5 Å². The highest BCUT2D eigenvalue weighted by Gasteiger charge is 2.10. The topological polar surface area (TPSA) is 62.2 Å². The molecule has 5 heteroatoms. The minimum Gasteiger partial charge on any atom is -0.508 e. The fourth-order valence-corrected chi connectivity index (χ4v) is 2.06. The molecule has 0 bridgehead atoms. The third kappa shape index (κ3) is 3.71. The van der Waals surface area contributed by atoms with Gasteiger partial charge in [0.15, 0.2) is 0 Å². The molecule has 0 unspecified atom stereocenters. The van der Waals surface area contributed by atoms with Crippen LogP contribution >= 0.6 is 11.6 Å². The highest BCUT2D eigenvalue weighted by atomic mass is 35.5. The number of nitrogens with one attached hydrogen (secondary N) is 1. The summed E-state index contributed by atoms with van der Waals surface area (Å²) in [5.41, 5.74) is 2.19. The molecule has 2 rings (SSSR count). The fraction of sp³-hybridized carbons (Fsp3) is 0.200. The summed E-state index contributed by atoms with van der Waals surface area (Å²) in [7, 11) is 0. The summed E-state index contributed by atoms with van der Waals surface area (Å²) in [6.07, 6.45) is 2.16. The molecular weight excluding hydrogens is 276 g/mol. The molecule has 0 aliphatic heterocycles. The minimum absolute atomic E-state index is 0.232. The summed E-state index contributed by atoms with van der Waals surface area (Å²) < 4.78 is 0. The average molecular weight is 291 g/mol. The number of aryl methyl sites for hydroxylation is 1. The summed E-state index contributed by atoms with van der Waals surface area (Å²) in [4.78, 5) is 16.0. The van der Waals surface area contributed by atoms with Crippen molar-refractivity contribution in [1.29, 1.82) is 0 Å². The second kappa shape index (κ2) is 6.39. The van der Waals surface area contributed by atoms with Crippen LogP contribution in [0.3, 0.4) is 0 Å². The van der Waals surface area contributed by atoms with Gasteiger partial charge in [0, 0.05) is 18.4 Å². The van der Waals surface area contributed by atoms with Crippen LogP contribution in [0, 0.1) is 6.92 Å². The van der Waals surface area contributed by atoms with E-state index in [1.807, 2.05) is 19.1 Å². The number of phenolic OH excluding ortho intramolecular Hbond substituents is 1. The number of phenols is 1. The van der Waals surface area contributed by atoms with Crippen molar-refractivity contribution < 1.29 is 9.90 Å². The summed E-state index contributed by atoms with van der Waals surface area (Å²) in [5, 5.41) is 12.4. The van der Waals surface area contributed by atoms with E-state index >= 15 is 0 Å². The van der Waals surface area contributed by atoms with Gasteiger partial charge in [-0.15, -0.1) is 0 Å². The Kier molecular flexibility index (Phi) is 4.58. The van der Waals surface area contributed by atoms with E-state index in [9.17, 15) is 9.90 Å². The Morgan fingerprint density at radius 1 is 1.35 bits per heavy atom. The molecule has 2 N–H and O–H groups in total. The predicted molar refractivity (Wildman–Crippen MR) is 78.1 cm³/mol. The molecule has 1 aromatic heterocycles. The standard InChI is InChI=1S/C15H15ClN2O2/c1-10-8-14(16)13(9-18-10)15(20)17-7-6-11-2-4-12(19)5-3-11/h2-5,8-9,19H,6-7H2,1H3,(H,17,20). The van der Waals surface area contributed by atoms with E-state index < -0.39 is 0 Å². The number of amides is 1. The Balaban J connectivity index is 1.90. The first kappa shape index (κ1) is 14.3. The van der Waals surface area contributed by atoms with Crippen molar-refractivity contribution in [1.82, 2.24) is 10.3 Å². The van der Waals surface area contributed by atoms with Gasteiger partial charge in [0.05, 0.1) is 10.6 Å². The molecule has 0 saturated carbocycles. The van der Waals surface area contributed by atoms with E-state index in [4.69, 9.17) is 11.6 Å². The van der Waals surface area contributed by atoms with Gasteiger partial charge in [-0.25, -0.2) is 0 Å². The van der Waals surface area contributed by atoms with Crippen LogP contribution < -0.4 is 5.32 Å². The zero-order valence-corrected chi connectivity index (χ0v) is 11.8. The number of rotatable bonds is 4. The lowest BCUT2D eigenvalue weighted by atomic mass is 10.1. The normalized spacial score (nSPS) is 10.3. The number of benzene rings is 1. The van der Waals surface area contributed by atoms with Gasteiger partial charge in [-0.05, 0) is 37.1 Å². The van der Waals surface area contributed by atoms with Gasteiger partial charge in [0.2, 0.25) is 0 Å². The number of aromatic nitrogens is 1. The molecule has 1 aromatic carbocycles. The molecule has 104 valence electrons. The largest absolute Gasteiger partial charge is 0.508 e. The monoisotopic (exact) mass is 290 g/mol. The van der Waals surface area contributed by atoms with Crippen LogP contribution in [0.2, 0.25) is 5.02 Å². The Morgan fingerprint density at radius 3 is 2.70 bits per heavy atom. The van der Waals surface area contributed by atoms with Gasteiger partial charge in [-0.3, -0.25) is 9.78 Å². The molecule has 0 atom stereocenters. The maximum Gasteiger partial charge on any atom is 0.254 e. The van der Waals surface area contributed by atoms with E-state index in [0.29, 0.717) is 23.6 Å². The van der Waals surface area contributed by atoms with E-state index in [1.165, 1.54) is 6.20 Å². The van der Waals surface area contributed by atoms with Crippen LogP contribution in [0.4, 0.5) is 0 Å². The van der Waals surface area contributed by atoms with Crippen LogP contribution in [-0.4, -0.2) is 22.5 Å². The maximum absolute atomic E-state index is 11.9. The third-order valence-corrected chi connectivity index (χ3v) is 3.18. The second-order valence-corrected chi connectivity index (χ2v) is 4.89. The van der Waals surface area contributed by atoms with Crippen molar-refractivity contribution in [2.75, 3.05) is 6.54 Å². The number of hydrogen-bond acceptors (Lipinski definition) is 3. The zero-order chi connectivity index (χ0) is 14.5. The molecule has 0 fully saturated rings. The Hall–Kier alpha value is -2.07. The molecule has 1 heterocycles. The van der Waals surface area contributed by atoms with Crippen LogP contribution in [0.1, 0.15) is 21.6 Å². The average Bonchev–Trinajstić information content (AvgIpc) is 2.41. The lowest BCUT2D eigenvalue weighted by molar-refractivity contribution is 0.0954. The highest BCUT2D eigenvalue weighted by Crippen LogP contribution is 2.15. The number of aromatic hydroxyl groups is 1. The smallest absolute Gasteiger partial charge is 0.254 e. The van der Waals surface area contributed by atoms with Crippen molar-refractivity contribution in [2.45, 2.75) is 13.3 Å². The SMILES string of the molecule is Cc1cc(Cl)c(C(=O)NCCc2ccc(O)cc2)cn1. The molecule has 0 aliphatic carbocycles. The molecule has 0 saturated heterocycles. The lowest BCUT2D eigenvalue weighted by Crippen LogP contribution is -2.26. The number of carbonyl (C=O) groups excluding carboxylic acids is 1. The number of halogens is 1. The number of carbonyl (C=O) groups is 1. The predicted octanol–water partition coefficient (Wildman–Crippen LogP) is 2.72. The quantitative estimate of drug-likeness (QED) is 0.910. The van der Waals surface area contributed by atoms with Gasteiger partial charge >= 0.3 is 0 Å². The number of hydrogen-bond donors (Lipinski definition) is 2. The fourth-order valence-electron chi connectivity index (χ4n) is 1.77. The van der Waals surface area contributed by atoms with Gasteiger partial charge in [-0.2, -0.15) is 0 Å². The van der Waals surface area contributed by atoms with Gasteiger partial charge < -0.3 is 10.4 Å². The van der Waals surface area contributed by atoms with Gasteiger partial charge in [0.25, 0.3) is 5.91 Å². The Morgan fingerprint density at radius 2 is 2.05 bits per heavy atom. The summed E-state index contributed by atoms with van der Waals surface area (Å²) in [6.45, 7) is 2.31. The van der Waals surface area contributed by atoms with E-state index in [0.717, 1.165) is 11.3 Å². The van der Waals surface area contributed by atoms with Gasteiger partial charge in [0.1, 0.15) is 5.75 Å². The number of nitrogens with zero attached hydrogens (tertiary/aromatic N) is 1. The van der Waals surface area contributed by atoms with E-state index in [-0.39, 0.29) is 11.7 Å². The second-order valence-electron chi connectivity index (χ2n) is 4.48. The molecule has 1 amide bonds. The van der Waals surface area contributed by atoms with Crippen molar-refractivity contribution in [3.63, 3.8) is 0 Å². The molecule has 0 radical (unpaired) electrons. The van der Waals surface area contributed by atoms with Crippen molar-refractivity contribution in [3.05, 3.63) is 58.4 Å². The first-order valence-corrected chi connectivity index (χ1v) is 6.62. The van der Waals surface area contributed by atoms with Gasteiger partial charge in [-0.1, -0.05) is 23.7 Å². The summed E-state index contributed by atoms with van der Waals surface area (Å²) in [5.74, 6) is -0.00317. The molecule has 0 aliphatic rings. The third-order valence-electron chi connectivity index (χ3n) is 2.87. The first-order valence-electron chi connectivity index (χ1n) is 6.24. The summed E-state index contributed by atoms with van der Waals surface area (Å²) in [6, 6.07) is 8.55. The van der Waals surface area contributed by atoms with Crippen molar-refractivity contribution >= 4 is 17.5 Å². The Labute approximate surface area is 122 Å². The first-order chi connectivity index (χ1) is 9.56. The number of pyridine rings is 1. The van der Waals surface area contributed by atoms with Crippen LogP contribution in [0.5, 0.6) is 5.75 Å². The highest BCUT2D eigenvalue weighted by molar-refractivity contribution is 6.33. The minimum atomic E-state index is -0.235. The van der Waals surface area contributed by atoms with Crippen molar-refractivity contribution in [2.24, 2.45) is 0 Å². The maximum atomic E-state index is 11.9. The van der Waals surface area contributed by atoms with E-state index in [2.05, 4.69) is 10.3 Å². The van der Waals surface area contributed by atoms with Crippen LogP contribution in [0.25, 0.3) is 0 Å².